The van der Waals surface area contributed by atoms with Crippen LogP contribution in [0.1, 0.15) is 88.4 Å². The third kappa shape index (κ3) is 9.70. The molecule has 0 aliphatic heterocycles. The molecule has 32 heavy (non-hydrogen) atoms. The molecule has 0 atom stereocenters. The average molecular weight is 475 g/mol. The van der Waals surface area contributed by atoms with Crippen LogP contribution in [-0.4, -0.2) is 24.2 Å². The van der Waals surface area contributed by atoms with Crippen LogP contribution in [0.3, 0.4) is 0 Å². The minimum Gasteiger partial charge on any atom is -0.462 e. The van der Waals surface area contributed by atoms with Crippen molar-refractivity contribution in [1.29, 1.82) is 0 Å². The van der Waals surface area contributed by atoms with Crippen molar-refractivity contribution in [2.45, 2.75) is 78.1 Å². The topological polar surface area (TPSA) is 50.4 Å². The second-order valence-electron chi connectivity index (χ2n) is 8.00. The van der Waals surface area contributed by atoms with E-state index in [1.807, 2.05) is 43.3 Å². The Kier molecular flexibility index (Phi) is 13.0. The predicted octanol–water partition coefficient (Wildman–Crippen LogP) is 7.80. The predicted molar refractivity (Wildman–Crippen MR) is 142 cm³/mol. The van der Waals surface area contributed by atoms with Crippen LogP contribution < -0.4 is 10.6 Å². The molecule has 0 aliphatic carbocycles. The molecule has 0 aliphatic rings. The van der Waals surface area contributed by atoms with E-state index in [9.17, 15) is 4.79 Å². The highest BCUT2D eigenvalue weighted by molar-refractivity contribution is 7.80. The fourth-order valence-corrected chi connectivity index (χ4v) is 4.88. The monoisotopic (exact) mass is 474 g/mol. The summed E-state index contributed by atoms with van der Waals surface area (Å²) >= 11 is 6.99. The van der Waals surface area contributed by atoms with Gasteiger partial charge in [-0.25, -0.2) is 4.79 Å². The Balaban J connectivity index is 1.75. The molecule has 2 N–H and O–H groups in total. The quantitative estimate of drug-likeness (QED) is 0.157. The van der Waals surface area contributed by atoms with Gasteiger partial charge in [0.05, 0.1) is 12.2 Å². The van der Waals surface area contributed by atoms with E-state index in [0.717, 1.165) is 28.4 Å². The molecule has 4 nitrogen and oxygen atoms in total. The van der Waals surface area contributed by atoms with Gasteiger partial charge in [0.2, 0.25) is 0 Å². The lowest BCUT2D eigenvalue weighted by molar-refractivity contribution is 0.0528. The van der Waals surface area contributed by atoms with Crippen LogP contribution in [-0.2, 0) is 4.74 Å². The first-order valence-electron chi connectivity index (χ1n) is 12.1. The summed E-state index contributed by atoms with van der Waals surface area (Å²) in [7, 11) is 0. The van der Waals surface area contributed by atoms with Crippen LogP contribution in [0.25, 0.3) is 10.4 Å². The number of rotatable bonds is 15. The van der Waals surface area contributed by atoms with Crippen LogP contribution in [0.15, 0.2) is 36.4 Å². The zero-order chi connectivity index (χ0) is 23.0. The molecule has 176 valence electrons. The molecule has 0 spiro atoms. The van der Waals surface area contributed by atoms with Gasteiger partial charge < -0.3 is 15.4 Å². The molecule has 1 aromatic heterocycles. The van der Waals surface area contributed by atoms with Gasteiger partial charge in [-0.2, -0.15) is 0 Å². The fraction of sp³-hybridized carbons (Fsp3) is 0.538. The van der Waals surface area contributed by atoms with Crippen LogP contribution in [0.4, 0.5) is 5.00 Å². The number of hydrogen-bond acceptors (Lipinski definition) is 4. The Bertz CT molecular complexity index is 805. The van der Waals surface area contributed by atoms with E-state index < -0.39 is 0 Å². The standard InChI is InChI=1S/C26H38N2O2S2/c1-3-5-6-7-8-9-10-11-12-16-19-27-26(31)28-24-22(25(29)30-4-2)20-23(32-24)21-17-14-13-15-18-21/h13-15,17-18,20H,3-12,16,19H2,1-2H3,(H2,27,28,31). The van der Waals surface area contributed by atoms with Crippen LogP contribution in [0.5, 0.6) is 0 Å². The third-order valence-corrected chi connectivity index (χ3v) is 6.67. The summed E-state index contributed by atoms with van der Waals surface area (Å²) in [5.41, 5.74) is 1.60. The summed E-state index contributed by atoms with van der Waals surface area (Å²) in [4.78, 5) is 13.4. The molecular formula is C26H38N2O2S2. The minimum absolute atomic E-state index is 0.328. The maximum atomic E-state index is 12.4. The summed E-state index contributed by atoms with van der Waals surface area (Å²) in [6.07, 6.45) is 13.1. The summed E-state index contributed by atoms with van der Waals surface area (Å²) in [5, 5.41) is 7.77. The Morgan fingerprint density at radius 2 is 1.56 bits per heavy atom. The second kappa shape index (κ2) is 15.8. The zero-order valence-corrected chi connectivity index (χ0v) is 21.2. The van der Waals surface area contributed by atoms with Gasteiger partial charge in [0.15, 0.2) is 5.11 Å². The van der Waals surface area contributed by atoms with Gasteiger partial charge in [-0.1, -0.05) is 95.0 Å². The van der Waals surface area contributed by atoms with E-state index in [4.69, 9.17) is 17.0 Å². The van der Waals surface area contributed by atoms with Gasteiger partial charge in [0.1, 0.15) is 5.00 Å². The normalized spacial score (nSPS) is 10.7. The summed E-state index contributed by atoms with van der Waals surface area (Å²) in [5.74, 6) is -0.328. The third-order valence-electron chi connectivity index (χ3n) is 5.33. The Morgan fingerprint density at radius 3 is 2.19 bits per heavy atom. The zero-order valence-electron chi connectivity index (χ0n) is 19.6. The van der Waals surface area contributed by atoms with Gasteiger partial charge in [0, 0.05) is 11.4 Å². The molecular weight excluding hydrogens is 436 g/mol. The molecule has 0 amide bonds. The van der Waals surface area contributed by atoms with Crippen molar-refractivity contribution in [2.75, 3.05) is 18.5 Å². The number of carbonyl (C=O) groups excluding carboxylic acids is 1. The number of unbranched alkanes of at least 4 members (excludes halogenated alkanes) is 9. The summed E-state index contributed by atoms with van der Waals surface area (Å²) in [6, 6.07) is 11.9. The van der Waals surface area contributed by atoms with Crippen molar-refractivity contribution in [3.8, 4) is 10.4 Å². The van der Waals surface area contributed by atoms with E-state index in [2.05, 4.69) is 17.6 Å². The molecule has 0 unspecified atom stereocenters. The van der Waals surface area contributed by atoms with Gasteiger partial charge in [-0.15, -0.1) is 11.3 Å². The molecule has 1 heterocycles. The SMILES string of the molecule is CCCCCCCCCCCCNC(=S)Nc1sc(-c2ccccc2)cc1C(=O)OCC. The van der Waals surface area contributed by atoms with Gasteiger partial charge >= 0.3 is 5.97 Å². The molecule has 0 saturated carbocycles. The second-order valence-corrected chi connectivity index (χ2v) is 9.46. The van der Waals surface area contributed by atoms with Crippen molar-refractivity contribution in [1.82, 2.24) is 5.32 Å². The van der Waals surface area contributed by atoms with Gasteiger partial charge in [-0.3, -0.25) is 0 Å². The Morgan fingerprint density at radius 1 is 0.938 bits per heavy atom. The van der Waals surface area contributed by atoms with Crippen molar-refractivity contribution in [3.05, 3.63) is 42.0 Å². The fourth-order valence-electron chi connectivity index (χ4n) is 3.55. The molecule has 6 heteroatoms. The van der Waals surface area contributed by atoms with Crippen molar-refractivity contribution in [3.63, 3.8) is 0 Å². The molecule has 0 fully saturated rings. The van der Waals surface area contributed by atoms with E-state index in [0.29, 0.717) is 17.3 Å². The first-order chi connectivity index (χ1) is 15.7. The number of thiocarbonyl (C=S) groups is 1. The van der Waals surface area contributed by atoms with E-state index in [1.165, 1.54) is 69.1 Å². The minimum atomic E-state index is -0.328. The van der Waals surface area contributed by atoms with E-state index in [-0.39, 0.29) is 5.97 Å². The highest BCUT2D eigenvalue weighted by atomic mass is 32.1. The number of thiophene rings is 1. The number of benzene rings is 1. The number of ether oxygens (including phenoxy) is 1. The molecule has 1 aromatic carbocycles. The summed E-state index contributed by atoms with van der Waals surface area (Å²) in [6.45, 7) is 5.26. The maximum absolute atomic E-state index is 12.4. The van der Waals surface area contributed by atoms with Crippen molar-refractivity contribution >= 4 is 39.6 Å². The average Bonchev–Trinajstić information content (AvgIpc) is 3.22. The molecule has 0 saturated heterocycles. The number of esters is 1. The highest BCUT2D eigenvalue weighted by Crippen LogP contribution is 2.35. The Hall–Kier alpha value is -1.92. The lowest BCUT2D eigenvalue weighted by Gasteiger charge is -2.10. The van der Waals surface area contributed by atoms with Crippen LogP contribution in [0, 0.1) is 0 Å². The Labute approximate surface area is 203 Å². The van der Waals surface area contributed by atoms with Crippen LogP contribution in [0.2, 0.25) is 0 Å². The van der Waals surface area contributed by atoms with Gasteiger partial charge in [0.25, 0.3) is 0 Å². The number of carbonyl (C=O) groups is 1. The lowest BCUT2D eigenvalue weighted by Crippen LogP contribution is -2.29. The van der Waals surface area contributed by atoms with Crippen molar-refractivity contribution < 1.29 is 9.53 Å². The molecule has 2 aromatic rings. The first kappa shape index (κ1) is 26.3. The molecule has 0 bridgehead atoms. The van der Waals surface area contributed by atoms with Gasteiger partial charge in [-0.05, 0) is 37.2 Å². The lowest BCUT2D eigenvalue weighted by atomic mass is 10.1. The smallest absolute Gasteiger partial charge is 0.341 e. The summed E-state index contributed by atoms with van der Waals surface area (Å²) < 4.78 is 5.24. The number of hydrogen-bond donors (Lipinski definition) is 2. The largest absolute Gasteiger partial charge is 0.462 e. The molecule has 2 rings (SSSR count). The van der Waals surface area contributed by atoms with E-state index >= 15 is 0 Å². The molecule has 0 radical (unpaired) electrons. The number of nitrogens with one attached hydrogen (secondary N) is 2. The number of anilines is 1. The van der Waals surface area contributed by atoms with Crippen LogP contribution >= 0.6 is 23.6 Å². The highest BCUT2D eigenvalue weighted by Gasteiger charge is 2.18. The van der Waals surface area contributed by atoms with E-state index in [1.54, 1.807) is 0 Å². The first-order valence-corrected chi connectivity index (χ1v) is 13.3. The maximum Gasteiger partial charge on any atom is 0.341 e. The van der Waals surface area contributed by atoms with Crippen molar-refractivity contribution in [2.24, 2.45) is 0 Å².